The van der Waals surface area contributed by atoms with Crippen LogP contribution in [0.4, 0.5) is 0 Å². The van der Waals surface area contributed by atoms with Crippen molar-refractivity contribution >= 4 is 53.1 Å². The molecule has 57 heavy (non-hydrogen) atoms. The number of rotatable bonds is 6. The van der Waals surface area contributed by atoms with Gasteiger partial charge in [0.05, 0.1) is 0 Å². The van der Waals surface area contributed by atoms with Crippen LogP contribution in [0.5, 0.6) is 0 Å². The molecule has 0 fully saturated rings. The Hall–Kier alpha value is -7.27. The SMILES string of the molecule is c1ccc(-c2ccc3cc(-c4nc(-c5ccc(-c6cc(-c7ccccc7)cc7sc8ccccc8c67)cc5)nc(-c5ccc6ccccc6c5)n4)ccc3c2)cc1. The van der Waals surface area contributed by atoms with E-state index in [1.165, 1.54) is 58.8 Å². The number of thiophene rings is 1. The lowest BCUT2D eigenvalue weighted by molar-refractivity contribution is 1.08. The van der Waals surface area contributed by atoms with Gasteiger partial charge in [0.1, 0.15) is 0 Å². The molecule has 0 atom stereocenters. The average molecular weight is 744 g/mol. The lowest BCUT2D eigenvalue weighted by atomic mass is 9.94. The van der Waals surface area contributed by atoms with E-state index in [9.17, 15) is 0 Å². The number of aromatic nitrogens is 3. The van der Waals surface area contributed by atoms with Gasteiger partial charge in [0.2, 0.25) is 0 Å². The summed E-state index contributed by atoms with van der Waals surface area (Å²) in [5.41, 5.74) is 10.0. The van der Waals surface area contributed by atoms with Crippen LogP contribution in [0, 0.1) is 0 Å². The summed E-state index contributed by atoms with van der Waals surface area (Å²) in [6.07, 6.45) is 0. The lowest BCUT2D eigenvalue weighted by Gasteiger charge is -2.12. The first kappa shape index (κ1) is 33.1. The van der Waals surface area contributed by atoms with Gasteiger partial charge in [-0.15, -0.1) is 11.3 Å². The van der Waals surface area contributed by atoms with Gasteiger partial charge in [-0.25, -0.2) is 15.0 Å². The van der Waals surface area contributed by atoms with E-state index in [-0.39, 0.29) is 0 Å². The zero-order valence-corrected chi connectivity index (χ0v) is 31.6. The molecule has 0 N–H and O–H groups in total. The second-order valence-electron chi connectivity index (χ2n) is 14.4. The Balaban J connectivity index is 1.04. The van der Waals surface area contributed by atoms with Crippen molar-refractivity contribution in [3.63, 3.8) is 0 Å². The van der Waals surface area contributed by atoms with Gasteiger partial charge in [-0.05, 0) is 91.3 Å². The number of nitrogens with zero attached hydrogens (tertiary/aromatic N) is 3. The maximum absolute atomic E-state index is 5.15. The predicted molar refractivity (Wildman–Crippen MR) is 240 cm³/mol. The van der Waals surface area contributed by atoms with E-state index in [0.717, 1.165) is 33.0 Å². The van der Waals surface area contributed by atoms with E-state index in [1.54, 1.807) is 0 Å². The topological polar surface area (TPSA) is 38.7 Å². The third-order valence-corrected chi connectivity index (χ3v) is 12.0. The van der Waals surface area contributed by atoms with Crippen molar-refractivity contribution in [1.29, 1.82) is 0 Å². The molecule has 3 nitrogen and oxygen atoms in total. The number of hydrogen-bond acceptors (Lipinski definition) is 4. The van der Waals surface area contributed by atoms with Gasteiger partial charge < -0.3 is 0 Å². The Morgan fingerprint density at radius 1 is 0.281 bits per heavy atom. The molecule has 0 spiro atoms. The van der Waals surface area contributed by atoms with E-state index in [1.807, 2.05) is 11.3 Å². The van der Waals surface area contributed by atoms with Gasteiger partial charge >= 0.3 is 0 Å². The lowest BCUT2D eigenvalue weighted by Crippen LogP contribution is -2.00. The van der Waals surface area contributed by atoms with Crippen molar-refractivity contribution in [2.45, 2.75) is 0 Å². The Kier molecular flexibility index (Phi) is 8.01. The van der Waals surface area contributed by atoms with Crippen molar-refractivity contribution in [2.24, 2.45) is 0 Å². The van der Waals surface area contributed by atoms with Crippen LogP contribution in [0.15, 0.2) is 200 Å². The van der Waals surface area contributed by atoms with Crippen molar-refractivity contribution < 1.29 is 0 Å². The first-order valence-electron chi connectivity index (χ1n) is 19.2. The van der Waals surface area contributed by atoms with Crippen LogP contribution in [0.25, 0.3) is 109 Å². The summed E-state index contributed by atoms with van der Waals surface area (Å²) in [6, 6.07) is 71.2. The fraction of sp³-hybridized carbons (Fsp3) is 0. The Labute approximate surface area is 334 Å². The molecule has 11 rings (SSSR count). The highest BCUT2D eigenvalue weighted by Gasteiger charge is 2.17. The van der Waals surface area contributed by atoms with Crippen LogP contribution in [0.2, 0.25) is 0 Å². The van der Waals surface area contributed by atoms with Crippen molar-refractivity contribution in [3.05, 3.63) is 200 Å². The first-order valence-corrected chi connectivity index (χ1v) is 20.0. The van der Waals surface area contributed by atoms with E-state index in [4.69, 9.17) is 15.0 Å². The number of benzene rings is 9. The van der Waals surface area contributed by atoms with E-state index >= 15 is 0 Å². The highest BCUT2D eigenvalue weighted by Crippen LogP contribution is 2.43. The van der Waals surface area contributed by atoms with Gasteiger partial charge in [0, 0.05) is 36.9 Å². The summed E-state index contributed by atoms with van der Waals surface area (Å²) >= 11 is 1.85. The monoisotopic (exact) mass is 743 g/mol. The Bertz CT molecular complexity index is 3280. The predicted octanol–water partition coefficient (Wildman–Crippen LogP) is 14.5. The molecule has 11 aromatic rings. The summed E-state index contributed by atoms with van der Waals surface area (Å²) in [7, 11) is 0. The summed E-state index contributed by atoms with van der Waals surface area (Å²) in [4.78, 5) is 15.4. The molecule has 0 saturated carbocycles. The minimum absolute atomic E-state index is 0.637. The Morgan fingerprint density at radius 2 is 0.754 bits per heavy atom. The van der Waals surface area contributed by atoms with Crippen LogP contribution in [0.3, 0.4) is 0 Å². The number of hydrogen-bond donors (Lipinski definition) is 0. The molecule has 0 aliphatic carbocycles. The van der Waals surface area contributed by atoms with Crippen LogP contribution in [0.1, 0.15) is 0 Å². The fourth-order valence-electron chi connectivity index (χ4n) is 7.96. The standard InChI is InChI=1S/C53H33N3S/c1-3-11-34(12-4-1)40-24-25-42-31-44(28-26-41(42)29-40)53-55-51(54-52(56-53)43-27-19-36-15-7-8-16-39(36)30-43)38-22-20-37(21-23-38)47-32-45(35-13-5-2-6-14-35)33-49-50(47)46-17-9-10-18-48(46)57-49/h1-33H. The highest BCUT2D eigenvalue weighted by molar-refractivity contribution is 7.26. The maximum Gasteiger partial charge on any atom is 0.164 e. The van der Waals surface area contributed by atoms with Crippen LogP contribution >= 0.6 is 11.3 Å². The molecule has 2 aromatic heterocycles. The normalized spacial score (nSPS) is 11.5. The van der Waals surface area contributed by atoms with Gasteiger partial charge in [-0.1, -0.05) is 164 Å². The van der Waals surface area contributed by atoms with E-state index in [2.05, 4.69) is 200 Å². The van der Waals surface area contributed by atoms with E-state index < -0.39 is 0 Å². The summed E-state index contributed by atoms with van der Waals surface area (Å²) in [6.45, 7) is 0. The van der Waals surface area contributed by atoms with Crippen molar-refractivity contribution in [2.75, 3.05) is 0 Å². The van der Waals surface area contributed by atoms with Gasteiger partial charge in [-0.2, -0.15) is 0 Å². The quantitative estimate of drug-likeness (QED) is 0.170. The summed E-state index contributed by atoms with van der Waals surface area (Å²) in [5.74, 6) is 1.92. The Morgan fingerprint density at radius 3 is 1.44 bits per heavy atom. The second kappa shape index (κ2) is 13.8. The third kappa shape index (κ3) is 6.13. The number of fused-ring (bicyclic) bond motifs is 5. The zero-order chi connectivity index (χ0) is 37.7. The van der Waals surface area contributed by atoms with Crippen molar-refractivity contribution in [1.82, 2.24) is 15.0 Å². The largest absolute Gasteiger partial charge is 0.208 e. The molecule has 9 aromatic carbocycles. The van der Waals surface area contributed by atoms with Crippen LogP contribution < -0.4 is 0 Å². The highest BCUT2D eigenvalue weighted by atomic mass is 32.1. The third-order valence-electron chi connectivity index (χ3n) is 10.9. The second-order valence-corrected chi connectivity index (χ2v) is 15.5. The average Bonchev–Trinajstić information content (AvgIpc) is 3.67. The van der Waals surface area contributed by atoms with Gasteiger partial charge in [0.25, 0.3) is 0 Å². The van der Waals surface area contributed by atoms with E-state index in [0.29, 0.717) is 17.5 Å². The molecule has 0 amide bonds. The molecule has 0 saturated heterocycles. The summed E-state index contributed by atoms with van der Waals surface area (Å²) in [5, 5.41) is 7.20. The first-order chi connectivity index (χ1) is 28.2. The van der Waals surface area contributed by atoms with Gasteiger partial charge in [-0.3, -0.25) is 0 Å². The summed E-state index contributed by atoms with van der Waals surface area (Å²) < 4.78 is 2.57. The minimum Gasteiger partial charge on any atom is -0.208 e. The molecule has 0 aliphatic heterocycles. The fourth-order valence-corrected chi connectivity index (χ4v) is 9.14. The molecular formula is C53H33N3S. The molecule has 266 valence electrons. The van der Waals surface area contributed by atoms with Crippen LogP contribution in [-0.4, -0.2) is 15.0 Å². The van der Waals surface area contributed by atoms with Gasteiger partial charge in [0.15, 0.2) is 17.5 Å². The molecule has 0 unspecified atom stereocenters. The van der Waals surface area contributed by atoms with Crippen molar-refractivity contribution in [3.8, 4) is 67.5 Å². The minimum atomic E-state index is 0.637. The molecule has 0 aliphatic rings. The molecule has 0 bridgehead atoms. The maximum atomic E-state index is 5.15. The van der Waals surface area contributed by atoms with Crippen LogP contribution in [-0.2, 0) is 0 Å². The molecule has 4 heteroatoms. The zero-order valence-electron chi connectivity index (χ0n) is 30.8. The smallest absolute Gasteiger partial charge is 0.164 e. The molecule has 2 heterocycles. The molecule has 0 radical (unpaired) electrons. The molecular weight excluding hydrogens is 711 g/mol.